The van der Waals surface area contributed by atoms with E-state index in [2.05, 4.69) is 79.9 Å². The van der Waals surface area contributed by atoms with Crippen LogP contribution in [0.4, 0.5) is 5.69 Å². The molecule has 176 valence electrons. The molecule has 34 heavy (non-hydrogen) atoms. The molecule has 1 heterocycles. The maximum Gasteiger partial charge on any atom is 0.251 e. The Labute approximate surface area is 207 Å². The van der Waals surface area contributed by atoms with Crippen LogP contribution in [-0.2, 0) is 6.54 Å². The van der Waals surface area contributed by atoms with E-state index in [-0.39, 0.29) is 5.91 Å². The molecule has 0 fully saturated rings. The number of amides is 1. The Morgan fingerprint density at radius 2 is 1.82 bits per heavy atom. The van der Waals surface area contributed by atoms with Crippen LogP contribution in [0.15, 0.2) is 82.6 Å². The van der Waals surface area contributed by atoms with Crippen LogP contribution in [0.5, 0.6) is 0 Å². The zero-order valence-corrected chi connectivity index (χ0v) is 21.3. The summed E-state index contributed by atoms with van der Waals surface area (Å²) < 4.78 is 0. The predicted octanol–water partition coefficient (Wildman–Crippen LogP) is 5.16. The van der Waals surface area contributed by atoms with E-state index in [1.54, 1.807) is 11.8 Å². The summed E-state index contributed by atoms with van der Waals surface area (Å²) in [6.07, 6.45) is 2.09. The molecule has 1 aliphatic rings. The van der Waals surface area contributed by atoms with Gasteiger partial charge in [-0.15, -0.1) is 0 Å². The third-order valence-corrected chi connectivity index (χ3v) is 7.42. The number of rotatable bonds is 7. The molecule has 0 saturated carbocycles. The molecule has 3 aromatic carbocycles. The van der Waals surface area contributed by atoms with Crippen molar-refractivity contribution < 1.29 is 9.69 Å². The predicted molar refractivity (Wildman–Crippen MR) is 142 cm³/mol. The van der Waals surface area contributed by atoms with Gasteiger partial charge < -0.3 is 15.5 Å². The summed E-state index contributed by atoms with van der Waals surface area (Å²) in [6.45, 7) is 11.1. The number of carbonyl (C=O) groups is 1. The number of fused-ring (bicyclic) bond motifs is 2. The topological polar surface area (TPSA) is 45.6 Å². The first-order chi connectivity index (χ1) is 16.4. The van der Waals surface area contributed by atoms with Crippen molar-refractivity contribution in [2.24, 2.45) is 0 Å². The number of hydrogen-bond acceptors (Lipinski definition) is 3. The van der Waals surface area contributed by atoms with Gasteiger partial charge in [-0.3, -0.25) is 4.79 Å². The van der Waals surface area contributed by atoms with Gasteiger partial charge in [0.2, 0.25) is 0 Å². The van der Waals surface area contributed by atoms with E-state index in [0.717, 1.165) is 29.4 Å². The lowest BCUT2D eigenvalue weighted by Gasteiger charge is -2.23. The Kier molecular flexibility index (Phi) is 7.76. The van der Waals surface area contributed by atoms with Crippen molar-refractivity contribution in [1.82, 2.24) is 5.32 Å². The van der Waals surface area contributed by atoms with Gasteiger partial charge in [0.15, 0.2) is 0 Å². The first kappa shape index (κ1) is 24.1. The monoisotopic (exact) mass is 472 g/mol. The normalized spacial score (nSPS) is 14.7. The number of allylic oxidation sites excluding steroid dienone is 1. The minimum atomic E-state index is -0.0305. The molecule has 0 aromatic heterocycles. The van der Waals surface area contributed by atoms with E-state index >= 15 is 0 Å². The number of benzene rings is 3. The Bertz CT molecular complexity index is 1190. The number of hydrogen-bond donors (Lipinski definition) is 3. The Balaban J connectivity index is 1.43. The molecule has 5 heteroatoms. The van der Waals surface area contributed by atoms with E-state index in [1.807, 2.05) is 31.2 Å². The van der Waals surface area contributed by atoms with Gasteiger partial charge >= 0.3 is 0 Å². The average molecular weight is 473 g/mol. The summed E-state index contributed by atoms with van der Waals surface area (Å²) in [4.78, 5) is 16.8. The van der Waals surface area contributed by atoms with E-state index in [4.69, 9.17) is 0 Å². The quantitative estimate of drug-likeness (QED) is 0.445. The van der Waals surface area contributed by atoms with Crippen LogP contribution < -0.4 is 15.5 Å². The van der Waals surface area contributed by atoms with Crippen LogP contribution in [0, 0.1) is 6.92 Å². The molecule has 1 atom stereocenters. The fraction of sp³-hybridized carbons (Fsp3) is 0.276. The second kappa shape index (κ2) is 10.9. The van der Waals surface area contributed by atoms with Gasteiger partial charge in [0.25, 0.3) is 5.91 Å². The van der Waals surface area contributed by atoms with Crippen molar-refractivity contribution in [3.8, 4) is 0 Å². The van der Waals surface area contributed by atoms with Gasteiger partial charge in [0, 0.05) is 32.2 Å². The molecule has 0 radical (unpaired) electrons. The van der Waals surface area contributed by atoms with E-state index in [0.29, 0.717) is 18.2 Å². The maximum atomic E-state index is 13.0. The Morgan fingerprint density at radius 1 is 1.06 bits per heavy atom. The third-order valence-electron chi connectivity index (χ3n) is 6.27. The molecule has 0 saturated heterocycles. The van der Waals surface area contributed by atoms with Gasteiger partial charge in [-0.25, -0.2) is 0 Å². The lowest BCUT2D eigenvalue weighted by atomic mass is 10.1. The summed E-state index contributed by atoms with van der Waals surface area (Å²) in [5, 5.41) is 6.69. The van der Waals surface area contributed by atoms with Crippen LogP contribution >= 0.6 is 11.8 Å². The molecular formula is C29H34N3OS+. The lowest BCUT2D eigenvalue weighted by molar-refractivity contribution is -0.933. The van der Waals surface area contributed by atoms with Gasteiger partial charge in [0.1, 0.15) is 6.54 Å². The highest BCUT2D eigenvalue weighted by atomic mass is 32.2. The minimum absolute atomic E-state index is 0.0305. The molecule has 0 bridgehead atoms. The first-order valence-corrected chi connectivity index (χ1v) is 12.8. The van der Waals surface area contributed by atoms with Crippen LogP contribution in [-0.4, -0.2) is 25.0 Å². The molecule has 1 aliphatic heterocycles. The molecular weight excluding hydrogens is 438 g/mol. The molecule has 1 unspecified atom stereocenters. The zero-order valence-electron chi connectivity index (χ0n) is 20.4. The fourth-order valence-corrected chi connectivity index (χ4v) is 5.25. The highest BCUT2D eigenvalue weighted by molar-refractivity contribution is 7.99. The average Bonchev–Trinajstić information content (AvgIpc) is 2.99. The molecule has 4 rings (SSSR count). The summed E-state index contributed by atoms with van der Waals surface area (Å²) in [6, 6.07) is 23.5. The number of anilines is 1. The van der Waals surface area contributed by atoms with E-state index in [1.165, 1.54) is 26.5 Å². The van der Waals surface area contributed by atoms with Crippen molar-refractivity contribution in [2.75, 3.05) is 18.4 Å². The summed E-state index contributed by atoms with van der Waals surface area (Å²) in [5.41, 5.74) is 6.47. The summed E-state index contributed by atoms with van der Waals surface area (Å²) in [7, 11) is 0. The Hall–Kier alpha value is -3.02. The maximum absolute atomic E-state index is 13.0. The number of aryl methyl sites for hydroxylation is 1. The molecule has 0 spiro atoms. The van der Waals surface area contributed by atoms with Gasteiger partial charge in [-0.1, -0.05) is 59.8 Å². The van der Waals surface area contributed by atoms with Crippen molar-refractivity contribution in [3.05, 3.63) is 95.1 Å². The largest absolute Gasteiger partial charge is 0.354 e. The SMILES string of the molecule is CC=C1Nc2cc(C(=O)NCC[NH+](Cc3ccccc3)C(C)C)ccc2Sc2ccc(C)cc21. The molecule has 0 aliphatic carbocycles. The van der Waals surface area contributed by atoms with E-state index in [9.17, 15) is 4.79 Å². The van der Waals surface area contributed by atoms with Crippen molar-refractivity contribution >= 4 is 29.1 Å². The van der Waals surface area contributed by atoms with Crippen LogP contribution in [0.1, 0.15) is 47.8 Å². The smallest absolute Gasteiger partial charge is 0.251 e. The van der Waals surface area contributed by atoms with Crippen molar-refractivity contribution in [3.63, 3.8) is 0 Å². The summed E-state index contributed by atoms with van der Waals surface area (Å²) in [5.74, 6) is -0.0305. The van der Waals surface area contributed by atoms with Crippen molar-refractivity contribution in [1.29, 1.82) is 0 Å². The van der Waals surface area contributed by atoms with Crippen LogP contribution in [0.2, 0.25) is 0 Å². The number of carbonyl (C=O) groups excluding carboxylic acids is 1. The fourth-order valence-electron chi connectivity index (χ4n) is 4.24. The molecule has 4 nitrogen and oxygen atoms in total. The third kappa shape index (κ3) is 5.72. The van der Waals surface area contributed by atoms with Crippen molar-refractivity contribution in [2.45, 2.75) is 50.1 Å². The highest BCUT2D eigenvalue weighted by Gasteiger charge is 2.19. The van der Waals surface area contributed by atoms with Crippen LogP contribution in [0.25, 0.3) is 5.70 Å². The second-order valence-corrected chi connectivity index (χ2v) is 10.2. The second-order valence-electron chi connectivity index (χ2n) is 9.12. The number of quaternary nitrogens is 1. The lowest BCUT2D eigenvalue weighted by Crippen LogP contribution is -3.14. The molecule has 3 aromatic rings. The standard InChI is InChI=1S/C29H33N3OS/c1-5-25-24-17-21(4)11-13-27(24)34-28-14-12-23(18-26(28)31-25)29(33)30-15-16-32(20(2)3)19-22-9-7-6-8-10-22/h5-14,17-18,20,31H,15-16,19H2,1-4H3,(H,30,33)/p+1. The van der Waals surface area contributed by atoms with Gasteiger partial charge in [-0.05, 0) is 58.0 Å². The minimum Gasteiger partial charge on any atom is -0.354 e. The van der Waals surface area contributed by atoms with Gasteiger partial charge in [0.05, 0.1) is 24.8 Å². The van der Waals surface area contributed by atoms with E-state index < -0.39 is 0 Å². The highest BCUT2D eigenvalue weighted by Crippen LogP contribution is 2.42. The van der Waals surface area contributed by atoms with Crippen LogP contribution in [0.3, 0.4) is 0 Å². The molecule has 1 amide bonds. The number of nitrogens with one attached hydrogen (secondary N) is 3. The zero-order chi connectivity index (χ0) is 24.1. The molecule has 3 N–H and O–H groups in total. The Morgan fingerprint density at radius 3 is 2.56 bits per heavy atom. The summed E-state index contributed by atoms with van der Waals surface area (Å²) >= 11 is 1.74. The van der Waals surface area contributed by atoms with Gasteiger partial charge in [-0.2, -0.15) is 0 Å². The first-order valence-electron chi connectivity index (χ1n) is 12.0.